The molecule has 4 aromatic rings. The van der Waals surface area contributed by atoms with E-state index in [0.29, 0.717) is 30.3 Å². The number of aromatic nitrogens is 2. The SMILES string of the molecule is Cc1c(N(C)S(=O)(=O)c2cccc(C(=O)Nc3ccc(N4CCOCC4)cc3)c2)c(=O)n(-c2ccccc2)n1C. The van der Waals surface area contributed by atoms with Gasteiger partial charge in [-0.1, -0.05) is 24.3 Å². The number of ether oxygens (including phenoxy) is 1. The normalized spacial score (nSPS) is 13.7. The van der Waals surface area contributed by atoms with Crippen LogP contribution in [0, 0.1) is 6.92 Å². The third-order valence-corrected chi connectivity index (χ3v) is 8.85. The molecule has 1 N–H and O–H groups in total. The van der Waals surface area contributed by atoms with E-state index in [4.69, 9.17) is 4.74 Å². The van der Waals surface area contributed by atoms with Crippen LogP contribution in [0.1, 0.15) is 16.1 Å². The zero-order valence-corrected chi connectivity index (χ0v) is 23.4. The van der Waals surface area contributed by atoms with Crippen LogP contribution in [-0.4, -0.2) is 57.0 Å². The van der Waals surface area contributed by atoms with Crippen molar-refractivity contribution in [2.45, 2.75) is 11.8 Å². The molecular weight excluding hydrogens is 530 g/mol. The van der Waals surface area contributed by atoms with E-state index in [1.165, 1.54) is 29.9 Å². The van der Waals surface area contributed by atoms with Gasteiger partial charge in [-0.25, -0.2) is 13.1 Å². The molecule has 1 fully saturated rings. The number of benzene rings is 3. The molecular formula is C29H31N5O5S. The minimum absolute atomic E-state index is 0.0292. The Morgan fingerprint density at radius 3 is 2.27 bits per heavy atom. The molecule has 10 nitrogen and oxygen atoms in total. The van der Waals surface area contributed by atoms with Crippen LogP contribution in [0.5, 0.6) is 0 Å². The third-order valence-electron chi connectivity index (χ3n) is 7.09. The van der Waals surface area contributed by atoms with Gasteiger partial charge in [0.25, 0.3) is 21.5 Å². The van der Waals surface area contributed by atoms with Crippen LogP contribution < -0.4 is 20.1 Å². The highest BCUT2D eigenvalue weighted by molar-refractivity contribution is 7.92. The zero-order chi connectivity index (χ0) is 28.4. The van der Waals surface area contributed by atoms with Crippen LogP contribution in [0.4, 0.5) is 17.1 Å². The summed E-state index contributed by atoms with van der Waals surface area (Å²) in [7, 11) is -1.11. The Balaban J connectivity index is 1.38. The number of morpholine rings is 1. The van der Waals surface area contributed by atoms with Crippen molar-refractivity contribution in [1.29, 1.82) is 0 Å². The van der Waals surface area contributed by atoms with Gasteiger partial charge in [0.15, 0.2) is 0 Å². The molecule has 0 bridgehead atoms. The number of nitrogens with one attached hydrogen (secondary N) is 1. The number of carbonyl (C=O) groups excluding carboxylic acids is 1. The van der Waals surface area contributed by atoms with Gasteiger partial charge >= 0.3 is 0 Å². The maximum absolute atomic E-state index is 13.6. The highest BCUT2D eigenvalue weighted by atomic mass is 32.2. The van der Waals surface area contributed by atoms with Gasteiger partial charge in [-0.15, -0.1) is 0 Å². The summed E-state index contributed by atoms with van der Waals surface area (Å²) in [6, 6.07) is 22.3. The first-order valence-electron chi connectivity index (χ1n) is 12.9. The molecule has 40 heavy (non-hydrogen) atoms. The molecule has 0 spiro atoms. The first kappa shape index (κ1) is 27.2. The highest BCUT2D eigenvalue weighted by Crippen LogP contribution is 2.25. The molecule has 0 radical (unpaired) electrons. The second-order valence-electron chi connectivity index (χ2n) is 9.51. The predicted octanol–water partition coefficient (Wildman–Crippen LogP) is 3.40. The zero-order valence-electron chi connectivity index (χ0n) is 22.6. The summed E-state index contributed by atoms with van der Waals surface area (Å²) in [5, 5.41) is 2.83. The van der Waals surface area contributed by atoms with Crippen LogP contribution in [-0.2, 0) is 21.8 Å². The van der Waals surface area contributed by atoms with Crippen molar-refractivity contribution < 1.29 is 17.9 Å². The average molecular weight is 562 g/mol. The van der Waals surface area contributed by atoms with Crippen LogP contribution in [0.3, 0.4) is 0 Å². The van der Waals surface area contributed by atoms with E-state index in [-0.39, 0.29) is 16.1 Å². The van der Waals surface area contributed by atoms with Crippen LogP contribution in [0.2, 0.25) is 0 Å². The largest absolute Gasteiger partial charge is 0.378 e. The molecule has 1 aliphatic rings. The monoisotopic (exact) mass is 561 g/mol. The molecule has 11 heteroatoms. The van der Waals surface area contributed by atoms with E-state index in [9.17, 15) is 18.0 Å². The van der Waals surface area contributed by atoms with Crippen LogP contribution >= 0.6 is 0 Å². The van der Waals surface area contributed by atoms with Crippen molar-refractivity contribution in [3.05, 3.63) is 100 Å². The average Bonchev–Trinajstić information content (AvgIpc) is 3.20. The van der Waals surface area contributed by atoms with Gasteiger partial charge in [-0.05, 0) is 61.5 Å². The van der Waals surface area contributed by atoms with E-state index < -0.39 is 21.5 Å². The predicted molar refractivity (Wildman–Crippen MR) is 155 cm³/mol. The fourth-order valence-corrected chi connectivity index (χ4v) is 6.07. The smallest absolute Gasteiger partial charge is 0.296 e. The van der Waals surface area contributed by atoms with Crippen molar-refractivity contribution in [2.24, 2.45) is 7.05 Å². The summed E-state index contributed by atoms with van der Waals surface area (Å²) in [6.45, 7) is 4.67. The number of anilines is 3. The van der Waals surface area contributed by atoms with Crippen molar-refractivity contribution >= 4 is 33.0 Å². The molecule has 0 saturated carbocycles. The van der Waals surface area contributed by atoms with Crippen LogP contribution in [0.25, 0.3) is 5.69 Å². The summed E-state index contributed by atoms with van der Waals surface area (Å²) in [5.74, 6) is -0.443. The summed E-state index contributed by atoms with van der Waals surface area (Å²) in [5.41, 5.74) is 2.47. The van der Waals surface area contributed by atoms with Crippen LogP contribution in [0.15, 0.2) is 88.6 Å². The maximum Gasteiger partial charge on any atom is 0.296 e. The van der Waals surface area contributed by atoms with E-state index in [1.54, 1.807) is 49.0 Å². The van der Waals surface area contributed by atoms with Gasteiger partial charge < -0.3 is 15.0 Å². The van der Waals surface area contributed by atoms with Crippen molar-refractivity contribution in [3.8, 4) is 5.69 Å². The fourth-order valence-electron chi connectivity index (χ4n) is 4.77. The second-order valence-corrected chi connectivity index (χ2v) is 11.5. The molecule has 208 valence electrons. The molecule has 5 rings (SSSR count). The summed E-state index contributed by atoms with van der Waals surface area (Å²) >= 11 is 0. The molecule has 3 aromatic carbocycles. The van der Waals surface area contributed by atoms with Crippen molar-refractivity contribution in [3.63, 3.8) is 0 Å². The maximum atomic E-state index is 13.6. The molecule has 1 saturated heterocycles. The first-order valence-corrected chi connectivity index (χ1v) is 14.3. The Kier molecular flexibility index (Phi) is 7.51. The van der Waals surface area contributed by atoms with Gasteiger partial charge in [0, 0.05) is 44.1 Å². The molecule has 1 amide bonds. The lowest BCUT2D eigenvalue weighted by Crippen LogP contribution is -2.36. The minimum atomic E-state index is -4.16. The number of rotatable bonds is 7. The number of amides is 1. The molecule has 0 aliphatic carbocycles. The Labute approximate surface area is 233 Å². The summed E-state index contributed by atoms with van der Waals surface area (Å²) in [6.07, 6.45) is 0. The van der Waals surface area contributed by atoms with Gasteiger partial charge in [-0.3, -0.25) is 18.6 Å². The number of hydrogen-bond donors (Lipinski definition) is 1. The lowest BCUT2D eigenvalue weighted by Gasteiger charge is -2.28. The number of hydrogen-bond acceptors (Lipinski definition) is 6. The van der Waals surface area contributed by atoms with Gasteiger partial charge in [0.1, 0.15) is 5.69 Å². The van der Waals surface area contributed by atoms with E-state index in [1.807, 2.05) is 30.3 Å². The van der Waals surface area contributed by atoms with Gasteiger partial charge in [0.2, 0.25) is 0 Å². The lowest BCUT2D eigenvalue weighted by atomic mass is 10.2. The number of nitrogens with zero attached hydrogens (tertiary/aromatic N) is 4. The van der Waals surface area contributed by atoms with E-state index in [2.05, 4.69) is 10.2 Å². The second kappa shape index (κ2) is 11.0. The summed E-state index contributed by atoms with van der Waals surface area (Å²) in [4.78, 5) is 28.5. The molecule has 0 atom stereocenters. The Morgan fingerprint density at radius 2 is 1.60 bits per heavy atom. The summed E-state index contributed by atoms with van der Waals surface area (Å²) < 4.78 is 36.7. The van der Waals surface area contributed by atoms with Gasteiger partial charge in [0.05, 0.1) is 29.5 Å². The quantitative estimate of drug-likeness (QED) is 0.371. The minimum Gasteiger partial charge on any atom is -0.378 e. The standard InChI is InChI=1S/C29H31N5O5S/c1-21-27(29(36)34(31(21)2)25-9-5-4-6-10-25)32(3)40(37,38)26-11-7-8-22(20-26)28(35)30-23-12-14-24(15-13-23)33-16-18-39-19-17-33/h4-15,20H,16-19H2,1-3H3,(H,30,35). The fraction of sp³-hybridized carbons (Fsp3) is 0.241. The number of carbonyl (C=O) groups is 1. The van der Waals surface area contributed by atoms with Crippen molar-refractivity contribution in [1.82, 2.24) is 9.36 Å². The first-order chi connectivity index (χ1) is 19.2. The van der Waals surface area contributed by atoms with Gasteiger partial charge in [-0.2, -0.15) is 0 Å². The number of sulfonamides is 1. The molecule has 1 aromatic heterocycles. The highest BCUT2D eigenvalue weighted by Gasteiger charge is 2.29. The molecule has 1 aliphatic heterocycles. The number of para-hydroxylation sites is 1. The molecule has 0 unspecified atom stereocenters. The Morgan fingerprint density at radius 1 is 0.925 bits per heavy atom. The lowest BCUT2D eigenvalue weighted by molar-refractivity contribution is 0.102. The topological polar surface area (TPSA) is 106 Å². The van der Waals surface area contributed by atoms with E-state index >= 15 is 0 Å². The molecule has 2 heterocycles. The Bertz CT molecular complexity index is 1690. The third kappa shape index (κ3) is 5.13. The van der Waals surface area contributed by atoms with E-state index in [0.717, 1.165) is 23.1 Å². The Hall–Kier alpha value is -4.35. The van der Waals surface area contributed by atoms with Crippen molar-refractivity contribution in [2.75, 3.05) is 47.9 Å².